The highest BCUT2D eigenvalue weighted by Crippen LogP contribution is 2.29. The molecule has 2 aromatic carbocycles. The maximum absolute atomic E-state index is 12.6. The summed E-state index contributed by atoms with van der Waals surface area (Å²) in [6.07, 6.45) is -4.66. The second-order valence-electron chi connectivity index (χ2n) is 5.92. The van der Waals surface area contributed by atoms with Gasteiger partial charge in [-0.2, -0.15) is 13.2 Å². The summed E-state index contributed by atoms with van der Waals surface area (Å²) in [7, 11) is 1.17. The average molecular weight is 434 g/mol. The van der Waals surface area contributed by atoms with Crippen LogP contribution in [0, 0.1) is 0 Å². The molecule has 0 aromatic heterocycles. The first-order chi connectivity index (χ1) is 13.1. The van der Waals surface area contributed by atoms with Crippen LogP contribution in [0.4, 0.5) is 13.2 Å². The normalized spacial score (nSPS) is 12.4. The van der Waals surface area contributed by atoms with Crippen molar-refractivity contribution in [1.82, 2.24) is 5.32 Å². The van der Waals surface area contributed by atoms with Crippen LogP contribution in [0.2, 0.25) is 10.0 Å². The highest BCUT2D eigenvalue weighted by Gasteiger charge is 2.30. The van der Waals surface area contributed by atoms with E-state index in [2.05, 4.69) is 5.32 Å². The van der Waals surface area contributed by atoms with Gasteiger partial charge in [-0.05, 0) is 35.4 Å². The Bertz CT molecular complexity index is 834. The van der Waals surface area contributed by atoms with Gasteiger partial charge in [-0.3, -0.25) is 4.79 Å². The average Bonchev–Trinajstić information content (AvgIpc) is 2.63. The molecular weight excluding hydrogens is 418 g/mol. The molecule has 0 bridgehead atoms. The zero-order valence-corrected chi connectivity index (χ0v) is 16.2. The molecule has 1 atom stereocenters. The van der Waals surface area contributed by atoms with Gasteiger partial charge in [-0.25, -0.2) is 4.79 Å². The van der Waals surface area contributed by atoms with Crippen LogP contribution in [0.5, 0.6) is 0 Å². The Hall–Kier alpha value is -2.25. The summed E-state index contributed by atoms with van der Waals surface area (Å²) >= 11 is 12.2. The number of amides is 1. The van der Waals surface area contributed by atoms with E-state index in [4.69, 9.17) is 27.9 Å². The number of hydrogen-bond acceptors (Lipinski definition) is 3. The van der Waals surface area contributed by atoms with Crippen molar-refractivity contribution in [3.8, 4) is 0 Å². The second kappa shape index (κ2) is 9.30. The number of carbonyl (C=O) groups is 2. The third-order valence-corrected chi connectivity index (χ3v) is 4.65. The lowest BCUT2D eigenvalue weighted by molar-refractivity contribution is -0.145. The quantitative estimate of drug-likeness (QED) is 0.684. The van der Waals surface area contributed by atoms with Crippen LogP contribution < -0.4 is 5.32 Å². The molecule has 0 fully saturated rings. The summed E-state index contributed by atoms with van der Waals surface area (Å²) in [4.78, 5) is 24.3. The third-order valence-electron chi connectivity index (χ3n) is 3.94. The number of ether oxygens (including phenoxy) is 1. The molecule has 0 saturated heterocycles. The summed E-state index contributed by atoms with van der Waals surface area (Å²) < 4.78 is 42.5. The molecule has 150 valence electrons. The summed E-state index contributed by atoms with van der Waals surface area (Å²) in [6, 6.07) is 7.99. The zero-order valence-electron chi connectivity index (χ0n) is 14.6. The number of nitrogens with one attached hydrogen (secondary N) is 1. The number of esters is 1. The van der Waals surface area contributed by atoms with E-state index in [1.807, 2.05) is 0 Å². The van der Waals surface area contributed by atoms with E-state index in [1.54, 1.807) is 18.2 Å². The first-order valence-corrected chi connectivity index (χ1v) is 8.83. The molecule has 2 aromatic rings. The van der Waals surface area contributed by atoms with Gasteiger partial charge >= 0.3 is 12.1 Å². The molecule has 0 saturated carbocycles. The smallest absolute Gasteiger partial charge is 0.416 e. The first kappa shape index (κ1) is 22.0. The molecule has 9 heteroatoms. The standard InChI is InChI=1S/C19H16Cl2F3NO3/c1-28-18(27)16(10-13-14(20)3-2-4-15(13)21)25-17(26)9-11-5-7-12(8-6-11)19(22,23)24/h2-8,16H,9-10H2,1H3,(H,25,26)/t16-/m1/s1. The molecule has 0 heterocycles. The Balaban J connectivity index is 2.10. The Morgan fingerprint density at radius 3 is 2.14 bits per heavy atom. The lowest BCUT2D eigenvalue weighted by atomic mass is 10.0. The van der Waals surface area contributed by atoms with Crippen LogP contribution in [0.3, 0.4) is 0 Å². The zero-order chi connectivity index (χ0) is 20.9. The van der Waals surface area contributed by atoms with Crippen molar-refractivity contribution in [3.05, 3.63) is 69.2 Å². The number of carbonyl (C=O) groups excluding carboxylic acids is 2. The minimum absolute atomic E-state index is 0.00390. The molecule has 0 aliphatic carbocycles. The fourth-order valence-electron chi connectivity index (χ4n) is 2.51. The van der Waals surface area contributed by atoms with E-state index in [0.29, 0.717) is 21.2 Å². The Labute approximate surface area is 169 Å². The van der Waals surface area contributed by atoms with Crippen molar-refractivity contribution in [2.75, 3.05) is 7.11 Å². The highest BCUT2D eigenvalue weighted by molar-refractivity contribution is 6.36. The Morgan fingerprint density at radius 1 is 1.07 bits per heavy atom. The minimum Gasteiger partial charge on any atom is -0.467 e. The van der Waals surface area contributed by atoms with Crippen LogP contribution >= 0.6 is 23.2 Å². The maximum Gasteiger partial charge on any atom is 0.416 e. The predicted octanol–water partition coefficient (Wildman–Crippen LogP) is 4.46. The monoisotopic (exact) mass is 433 g/mol. The van der Waals surface area contributed by atoms with Gasteiger partial charge in [-0.15, -0.1) is 0 Å². The summed E-state index contributed by atoms with van der Waals surface area (Å²) in [5.74, 6) is -1.25. The molecule has 1 amide bonds. The maximum atomic E-state index is 12.6. The predicted molar refractivity (Wildman–Crippen MR) is 99.3 cm³/mol. The number of methoxy groups -OCH3 is 1. The fourth-order valence-corrected chi connectivity index (χ4v) is 3.06. The van der Waals surface area contributed by atoms with Gasteiger partial charge in [0.2, 0.25) is 5.91 Å². The van der Waals surface area contributed by atoms with E-state index in [-0.39, 0.29) is 12.8 Å². The molecule has 1 N–H and O–H groups in total. The number of rotatable bonds is 6. The third kappa shape index (κ3) is 5.87. The number of hydrogen-bond donors (Lipinski definition) is 1. The van der Waals surface area contributed by atoms with Crippen molar-refractivity contribution in [2.45, 2.75) is 25.1 Å². The van der Waals surface area contributed by atoms with Crippen LogP contribution in [0.15, 0.2) is 42.5 Å². The van der Waals surface area contributed by atoms with Gasteiger partial charge in [0.1, 0.15) is 6.04 Å². The lowest BCUT2D eigenvalue weighted by Crippen LogP contribution is -2.43. The van der Waals surface area contributed by atoms with Gasteiger partial charge in [0.15, 0.2) is 0 Å². The Morgan fingerprint density at radius 2 is 1.64 bits per heavy atom. The van der Waals surface area contributed by atoms with E-state index in [9.17, 15) is 22.8 Å². The van der Waals surface area contributed by atoms with E-state index in [0.717, 1.165) is 12.1 Å². The number of alkyl halides is 3. The fraction of sp³-hybridized carbons (Fsp3) is 0.263. The van der Waals surface area contributed by atoms with Gasteiger partial charge in [-0.1, -0.05) is 41.4 Å². The van der Waals surface area contributed by atoms with Gasteiger partial charge in [0.25, 0.3) is 0 Å². The molecule has 0 unspecified atom stereocenters. The van der Waals surface area contributed by atoms with Gasteiger partial charge < -0.3 is 10.1 Å². The second-order valence-corrected chi connectivity index (χ2v) is 6.73. The van der Waals surface area contributed by atoms with Gasteiger partial charge in [0, 0.05) is 16.5 Å². The number of benzene rings is 2. The molecule has 0 aliphatic heterocycles. The van der Waals surface area contributed by atoms with Crippen molar-refractivity contribution in [1.29, 1.82) is 0 Å². The summed E-state index contributed by atoms with van der Waals surface area (Å²) in [5.41, 5.74) is 0.0263. The highest BCUT2D eigenvalue weighted by atomic mass is 35.5. The van der Waals surface area contributed by atoms with Crippen molar-refractivity contribution in [3.63, 3.8) is 0 Å². The van der Waals surface area contributed by atoms with Gasteiger partial charge in [0.05, 0.1) is 19.1 Å². The molecule has 4 nitrogen and oxygen atoms in total. The van der Waals surface area contributed by atoms with E-state index < -0.39 is 29.7 Å². The van der Waals surface area contributed by atoms with E-state index in [1.165, 1.54) is 19.2 Å². The molecule has 0 radical (unpaired) electrons. The first-order valence-electron chi connectivity index (χ1n) is 8.08. The topological polar surface area (TPSA) is 55.4 Å². The van der Waals surface area contributed by atoms with E-state index >= 15 is 0 Å². The van der Waals surface area contributed by atoms with Crippen LogP contribution in [0.25, 0.3) is 0 Å². The lowest BCUT2D eigenvalue weighted by Gasteiger charge is -2.18. The summed E-state index contributed by atoms with van der Waals surface area (Å²) in [5, 5.41) is 3.17. The largest absolute Gasteiger partial charge is 0.467 e. The molecule has 0 spiro atoms. The van der Waals surface area contributed by atoms with Crippen LogP contribution in [0.1, 0.15) is 16.7 Å². The minimum atomic E-state index is -4.45. The molecular formula is C19H16Cl2F3NO3. The van der Waals surface area contributed by atoms with Crippen molar-refractivity contribution >= 4 is 35.1 Å². The SMILES string of the molecule is COC(=O)[C@@H](Cc1c(Cl)cccc1Cl)NC(=O)Cc1ccc(C(F)(F)F)cc1. The molecule has 2 rings (SSSR count). The van der Waals surface area contributed by atoms with Crippen LogP contribution in [-0.2, 0) is 33.3 Å². The van der Waals surface area contributed by atoms with Crippen molar-refractivity contribution in [2.24, 2.45) is 0 Å². The summed E-state index contributed by atoms with van der Waals surface area (Å²) in [6.45, 7) is 0. The van der Waals surface area contributed by atoms with Crippen LogP contribution in [-0.4, -0.2) is 25.0 Å². The Kier molecular flexibility index (Phi) is 7.32. The number of halogens is 5. The van der Waals surface area contributed by atoms with Crippen molar-refractivity contribution < 1.29 is 27.5 Å². The molecule has 28 heavy (non-hydrogen) atoms. The molecule has 0 aliphatic rings.